The third-order valence-electron chi connectivity index (χ3n) is 3.01. The van der Waals surface area contributed by atoms with Gasteiger partial charge in [0, 0.05) is 12.6 Å². The maximum absolute atomic E-state index is 12.9. The summed E-state index contributed by atoms with van der Waals surface area (Å²) in [6.07, 6.45) is 0. The summed E-state index contributed by atoms with van der Waals surface area (Å²) in [7, 11) is -2.36. The minimum atomic E-state index is -3.76. The molecule has 2 rings (SSSR count). The lowest BCUT2D eigenvalue weighted by Gasteiger charge is -2.19. The van der Waals surface area contributed by atoms with Gasteiger partial charge in [-0.1, -0.05) is 0 Å². The van der Waals surface area contributed by atoms with E-state index in [-0.39, 0.29) is 10.7 Å². The third kappa shape index (κ3) is 3.03. The number of nitrogens with one attached hydrogen (secondary N) is 1. The summed E-state index contributed by atoms with van der Waals surface area (Å²) >= 11 is 0. The molecule has 7 heteroatoms. The monoisotopic (exact) mass is 307 g/mol. The van der Waals surface area contributed by atoms with Crippen molar-refractivity contribution in [2.75, 3.05) is 11.4 Å². The first kappa shape index (κ1) is 15.0. The van der Waals surface area contributed by atoms with Crippen LogP contribution in [-0.4, -0.2) is 21.3 Å². The first-order chi connectivity index (χ1) is 9.82. The molecule has 0 saturated carbocycles. The Morgan fingerprint density at radius 2 is 1.62 bits per heavy atom. The van der Waals surface area contributed by atoms with E-state index >= 15 is 0 Å². The Kier molecular flexibility index (Phi) is 3.95. The van der Waals surface area contributed by atoms with E-state index in [0.29, 0.717) is 11.3 Å². The molecule has 0 spiro atoms. The van der Waals surface area contributed by atoms with Crippen LogP contribution in [0.15, 0.2) is 53.4 Å². The van der Waals surface area contributed by atoms with Crippen molar-refractivity contribution >= 4 is 21.5 Å². The van der Waals surface area contributed by atoms with Crippen LogP contribution in [0.4, 0.5) is 10.1 Å². The van der Waals surface area contributed by atoms with Crippen LogP contribution in [0.3, 0.4) is 0 Å². The van der Waals surface area contributed by atoms with E-state index in [4.69, 9.17) is 11.1 Å². The summed E-state index contributed by atoms with van der Waals surface area (Å²) in [6.45, 7) is 0. The zero-order valence-corrected chi connectivity index (χ0v) is 12.1. The lowest BCUT2D eigenvalue weighted by atomic mass is 10.2. The number of benzene rings is 2. The summed E-state index contributed by atoms with van der Waals surface area (Å²) in [5.41, 5.74) is 6.27. The number of hydrogen-bond acceptors (Lipinski definition) is 3. The van der Waals surface area contributed by atoms with Crippen molar-refractivity contribution in [1.29, 1.82) is 5.41 Å². The maximum Gasteiger partial charge on any atom is 0.264 e. The number of nitrogen functional groups attached to an aromatic ring is 1. The van der Waals surface area contributed by atoms with Gasteiger partial charge in [0.25, 0.3) is 10.0 Å². The molecular formula is C14H14FN3O2S. The van der Waals surface area contributed by atoms with E-state index < -0.39 is 15.8 Å². The van der Waals surface area contributed by atoms with Crippen molar-refractivity contribution in [2.24, 2.45) is 5.73 Å². The van der Waals surface area contributed by atoms with E-state index in [0.717, 1.165) is 16.4 Å². The van der Waals surface area contributed by atoms with Gasteiger partial charge < -0.3 is 5.73 Å². The number of nitrogens with zero attached hydrogens (tertiary/aromatic N) is 1. The van der Waals surface area contributed by atoms with Crippen LogP contribution in [-0.2, 0) is 10.0 Å². The topological polar surface area (TPSA) is 87.2 Å². The van der Waals surface area contributed by atoms with Crippen LogP contribution < -0.4 is 10.0 Å². The maximum atomic E-state index is 12.9. The van der Waals surface area contributed by atoms with Gasteiger partial charge in [-0.15, -0.1) is 0 Å². The van der Waals surface area contributed by atoms with E-state index in [1.807, 2.05) is 0 Å². The predicted octanol–water partition coefficient (Wildman–Crippen LogP) is 1.93. The highest BCUT2D eigenvalue weighted by Crippen LogP contribution is 2.22. The van der Waals surface area contributed by atoms with Crippen LogP contribution in [0.25, 0.3) is 0 Å². The van der Waals surface area contributed by atoms with Crippen LogP contribution in [0.2, 0.25) is 0 Å². The molecule has 110 valence electrons. The number of amidine groups is 1. The SMILES string of the molecule is CN(c1ccc(C(=N)N)cc1)S(=O)(=O)c1ccc(F)cc1. The highest BCUT2D eigenvalue weighted by molar-refractivity contribution is 7.92. The van der Waals surface area contributed by atoms with Crippen LogP contribution in [0, 0.1) is 11.2 Å². The highest BCUT2D eigenvalue weighted by Gasteiger charge is 2.21. The number of rotatable bonds is 4. The highest BCUT2D eigenvalue weighted by atomic mass is 32.2. The number of halogens is 1. The molecule has 3 N–H and O–H groups in total. The van der Waals surface area contributed by atoms with Gasteiger partial charge >= 0.3 is 0 Å². The molecule has 0 amide bonds. The molecular weight excluding hydrogens is 293 g/mol. The number of sulfonamides is 1. The third-order valence-corrected chi connectivity index (χ3v) is 4.81. The van der Waals surface area contributed by atoms with Gasteiger partial charge in [0.1, 0.15) is 11.7 Å². The second kappa shape index (κ2) is 5.53. The lowest BCUT2D eigenvalue weighted by molar-refractivity contribution is 0.593. The Morgan fingerprint density at radius 3 is 2.10 bits per heavy atom. The Bertz CT molecular complexity index is 756. The van der Waals surface area contributed by atoms with E-state index in [1.165, 1.54) is 19.2 Å². The van der Waals surface area contributed by atoms with Crippen molar-refractivity contribution in [3.05, 3.63) is 59.9 Å². The lowest BCUT2D eigenvalue weighted by Crippen LogP contribution is -2.26. The molecule has 0 aromatic heterocycles. The molecule has 0 aliphatic rings. The molecule has 0 aliphatic heterocycles. The molecule has 0 fully saturated rings. The fourth-order valence-corrected chi connectivity index (χ4v) is 2.95. The standard InChI is InChI=1S/C14H14FN3O2S/c1-18(12-6-2-10(3-7-12)14(16)17)21(19,20)13-8-4-11(15)5-9-13/h2-9H,1H3,(H3,16,17). The molecule has 21 heavy (non-hydrogen) atoms. The van der Waals surface area contributed by atoms with E-state index in [1.54, 1.807) is 24.3 Å². The first-order valence-electron chi connectivity index (χ1n) is 6.01. The minimum Gasteiger partial charge on any atom is -0.384 e. The van der Waals surface area contributed by atoms with Crippen molar-refractivity contribution in [3.8, 4) is 0 Å². The van der Waals surface area contributed by atoms with Gasteiger partial charge in [-0.05, 0) is 48.5 Å². The summed E-state index contributed by atoms with van der Waals surface area (Å²) in [5, 5.41) is 7.30. The van der Waals surface area contributed by atoms with E-state index in [9.17, 15) is 12.8 Å². The Morgan fingerprint density at radius 1 is 1.10 bits per heavy atom. The molecule has 0 bridgehead atoms. The summed E-state index contributed by atoms with van der Waals surface area (Å²) in [5.74, 6) is -0.590. The molecule has 0 radical (unpaired) electrons. The molecule has 0 saturated heterocycles. The zero-order valence-electron chi connectivity index (χ0n) is 11.2. The Hall–Kier alpha value is -2.41. The molecule has 2 aromatic rings. The first-order valence-corrected chi connectivity index (χ1v) is 7.45. The number of nitrogens with two attached hydrogens (primary N) is 1. The molecule has 0 aliphatic carbocycles. The normalized spacial score (nSPS) is 11.1. The smallest absolute Gasteiger partial charge is 0.264 e. The summed E-state index contributed by atoms with van der Waals surface area (Å²) in [4.78, 5) is 0.00189. The van der Waals surface area contributed by atoms with Crippen LogP contribution in [0.1, 0.15) is 5.56 Å². The predicted molar refractivity (Wildman–Crippen MR) is 79.4 cm³/mol. The van der Waals surface area contributed by atoms with Gasteiger partial charge in [0.05, 0.1) is 10.6 Å². The van der Waals surface area contributed by atoms with Gasteiger partial charge in [-0.25, -0.2) is 12.8 Å². The van der Waals surface area contributed by atoms with Crippen molar-refractivity contribution < 1.29 is 12.8 Å². The Labute approximate surface area is 122 Å². The molecule has 0 unspecified atom stereocenters. The Balaban J connectivity index is 2.35. The van der Waals surface area contributed by atoms with Gasteiger partial charge in [0.2, 0.25) is 0 Å². The number of anilines is 1. The second-order valence-corrected chi connectivity index (χ2v) is 6.36. The molecule has 5 nitrogen and oxygen atoms in total. The van der Waals surface area contributed by atoms with Crippen molar-refractivity contribution in [3.63, 3.8) is 0 Å². The van der Waals surface area contributed by atoms with Crippen molar-refractivity contribution in [1.82, 2.24) is 0 Å². The second-order valence-electron chi connectivity index (χ2n) is 4.39. The fourth-order valence-electron chi connectivity index (χ4n) is 1.75. The molecule has 2 aromatic carbocycles. The summed E-state index contributed by atoms with van der Waals surface area (Å²) < 4.78 is 38.8. The van der Waals surface area contributed by atoms with Crippen molar-refractivity contribution in [2.45, 2.75) is 4.90 Å². The average Bonchev–Trinajstić information content (AvgIpc) is 2.47. The van der Waals surface area contributed by atoms with Gasteiger partial charge in [-0.3, -0.25) is 9.71 Å². The fraction of sp³-hybridized carbons (Fsp3) is 0.0714. The van der Waals surface area contributed by atoms with E-state index in [2.05, 4.69) is 0 Å². The molecule has 0 heterocycles. The zero-order chi connectivity index (χ0) is 15.6. The average molecular weight is 307 g/mol. The van der Waals surface area contributed by atoms with Gasteiger partial charge in [-0.2, -0.15) is 0 Å². The van der Waals surface area contributed by atoms with Gasteiger partial charge in [0.15, 0.2) is 0 Å². The van der Waals surface area contributed by atoms with Crippen LogP contribution in [0.5, 0.6) is 0 Å². The molecule has 0 atom stereocenters. The summed E-state index contributed by atoms with van der Waals surface area (Å²) in [6, 6.07) is 10.9. The quantitative estimate of drug-likeness (QED) is 0.668. The largest absolute Gasteiger partial charge is 0.384 e. The number of hydrogen-bond donors (Lipinski definition) is 2. The minimum absolute atomic E-state index is 0.00189. The van der Waals surface area contributed by atoms with Crippen LogP contribution >= 0.6 is 0 Å².